The van der Waals surface area contributed by atoms with Gasteiger partial charge in [-0.3, -0.25) is 0 Å². The standard InChI is InChI=1S/C12H18O4/c1-9(4-2-3-5-10-6-14-10)12(13)16-8-11-7-15-11/h4,10-11H,2-3,5-8H2,1H3/b9-4+. The summed E-state index contributed by atoms with van der Waals surface area (Å²) in [6.07, 6.45) is 5.64. The van der Waals surface area contributed by atoms with Gasteiger partial charge in [0, 0.05) is 5.57 Å². The normalized spacial score (nSPS) is 27.7. The Morgan fingerprint density at radius 2 is 2.06 bits per heavy atom. The van der Waals surface area contributed by atoms with Crippen LogP contribution >= 0.6 is 0 Å². The Bertz CT molecular complexity index is 277. The first-order valence-corrected chi connectivity index (χ1v) is 5.83. The molecule has 4 nitrogen and oxygen atoms in total. The smallest absolute Gasteiger partial charge is 0.333 e. The van der Waals surface area contributed by atoms with Crippen molar-refractivity contribution < 1.29 is 19.0 Å². The van der Waals surface area contributed by atoms with Gasteiger partial charge in [0.2, 0.25) is 0 Å². The van der Waals surface area contributed by atoms with E-state index < -0.39 is 0 Å². The average molecular weight is 226 g/mol. The van der Waals surface area contributed by atoms with Crippen LogP contribution in [0, 0.1) is 0 Å². The van der Waals surface area contributed by atoms with Gasteiger partial charge >= 0.3 is 5.97 Å². The molecule has 4 heteroatoms. The van der Waals surface area contributed by atoms with Gasteiger partial charge in [-0.25, -0.2) is 4.79 Å². The number of hydrogen-bond donors (Lipinski definition) is 0. The molecule has 0 aromatic heterocycles. The van der Waals surface area contributed by atoms with Crippen molar-refractivity contribution >= 4 is 5.97 Å². The molecule has 2 unspecified atom stereocenters. The van der Waals surface area contributed by atoms with Crippen LogP contribution in [0.5, 0.6) is 0 Å². The molecule has 0 radical (unpaired) electrons. The zero-order chi connectivity index (χ0) is 11.4. The van der Waals surface area contributed by atoms with Gasteiger partial charge in [0.25, 0.3) is 0 Å². The van der Waals surface area contributed by atoms with Gasteiger partial charge in [0.15, 0.2) is 0 Å². The van der Waals surface area contributed by atoms with Crippen molar-refractivity contribution in [2.45, 2.75) is 38.4 Å². The van der Waals surface area contributed by atoms with Crippen LogP contribution in [0.3, 0.4) is 0 Å². The molecular weight excluding hydrogens is 208 g/mol. The van der Waals surface area contributed by atoms with Crippen LogP contribution < -0.4 is 0 Å². The van der Waals surface area contributed by atoms with Crippen molar-refractivity contribution in [2.75, 3.05) is 19.8 Å². The molecular formula is C12H18O4. The second-order valence-corrected chi connectivity index (χ2v) is 4.33. The first-order chi connectivity index (χ1) is 7.75. The molecule has 0 amide bonds. The lowest BCUT2D eigenvalue weighted by molar-refractivity contribution is -0.139. The van der Waals surface area contributed by atoms with Gasteiger partial charge in [0.05, 0.1) is 19.3 Å². The quantitative estimate of drug-likeness (QED) is 0.285. The van der Waals surface area contributed by atoms with Crippen LogP contribution in [0.2, 0.25) is 0 Å². The highest BCUT2D eigenvalue weighted by molar-refractivity contribution is 5.87. The van der Waals surface area contributed by atoms with Crippen molar-refractivity contribution in [1.29, 1.82) is 0 Å². The molecule has 2 aliphatic heterocycles. The Morgan fingerprint density at radius 1 is 1.38 bits per heavy atom. The number of carbonyl (C=O) groups excluding carboxylic acids is 1. The second kappa shape index (κ2) is 5.46. The minimum Gasteiger partial charge on any atom is -0.459 e. The van der Waals surface area contributed by atoms with Crippen molar-refractivity contribution in [1.82, 2.24) is 0 Å². The Kier molecular flexibility index (Phi) is 3.96. The van der Waals surface area contributed by atoms with Gasteiger partial charge in [-0.2, -0.15) is 0 Å². The molecule has 16 heavy (non-hydrogen) atoms. The molecule has 2 atom stereocenters. The third kappa shape index (κ3) is 4.33. The lowest BCUT2D eigenvalue weighted by Gasteiger charge is -2.02. The third-order valence-electron chi connectivity index (χ3n) is 2.71. The minimum absolute atomic E-state index is 0.142. The summed E-state index contributed by atoms with van der Waals surface area (Å²) in [7, 11) is 0. The highest BCUT2D eigenvalue weighted by Gasteiger charge is 2.24. The van der Waals surface area contributed by atoms with Crippen molar-refractivity contribution in [2.24, 2.45) is 0 Å². The molecule has 2 saturated heterocycles. The average Bonchev–Trinajstić information content (AvgIpc) is 3.14. The van der Waals surface area contributed by atoms with E-state index >= 15 is 0 Å². The van der Waals surface area contributed by atoms with Crippen molar-refractivity contribution in [3.8, 4) is 0 Å². The van der Waals surface area contributed by atoms with Crippen LogP contribution in [0.25, 0.3) is 0 Å². The van der Waals surface area contributed by atoms with Gasteiger partial charge in [-0.15, -0.1) is 0 Å². The zero-order valence-electron chi connectivity index (χ0n) is 9.61. The number of epoxide rings is 2. The van der Waals surface area contributed by atoms with Crippen LogP contribution in [-0.2, 0) is 19.0 Å². The maximum Gasteiger partial charge on any atom is 0.333 e. The zero-order valence-corrected chi connectivity index (χ0v) is 9.61. The number of unbranched alkanes of at least 4 members (excludes halogenated alkanes) is 1. The van der Waals surface area contributed by atoms with Gasteiger partial charge < -0.3 is 14.2 Å². The molecule has 2 rings (SSSR count). The monoisotopic (exact) mass is 226 g/mol. The number of carbonyl (C=O) groups is 1. The predicted molar refractivity (Wildman–Crippen MR) is 58.0 cm³/mol. The summed E-state index contributed by atoms with van der Waals surface area (Å²) < 4.78 is 15.1. The van der Waals surface area contributed by atoms with Crippen molar-refractivity contribution in [3.63, 3.8) is 0 Å². The van der Waals surface area contributed by atoms with Crippen LogP contribution in [0.1, 0.15) is 26.2 Å². The number of ether oxygens (including phenoxy) is 3. The first kappa shape index (κ1) is 11.6. The summed E-state index contributed by atoms with van der Waals surface area (Å²) >= 11 is 0. The molecule has 0 aromatic rings. The van der Waals surface area contributed by atoms with E-state index in [-0.39, 0.29) is 12.1 Å². The fraction of sp³-hybridized carbons (Fsp3) is 0.750. The summed E-state index contributed by atoms with van der Waals surface area (Å²) in [5.41, 5.74) is 0.692. The van der Waals surface area contributed by atoms with E-state index in [1.165, 1.54) is 0 Å². The Balaban J connectivity index is 1.57. The van der Waals surface area contributed by atoms with E-state index in [9.17, 15) is 4.79 Å². The highest BCUT2D eigenvalue weighted by atomic mass is 16.6. The summed E-state index contributed by atoms with van der Waals surface area (Å²) in [5, 5.41) is 0. The molecule has 2 aliphatic rings. The largest absolute Gasteiger partial charge is 0.459 e. The number of hydrogen-bond acceptors (Lipinski definition) is 4. The maximum absolute atomic E-state index is 11.4. The molecule has 0 N–H and O–H groups in total. The van der Waals surface area contributed by atoms with E-state index in [1.54, 1.807) is 6.92 Å². The lowest BCUT2D eigenvalue weighted by atomic mass is 10.1. The lowest BCUT2D eigenvalue weighted by Crippen LogP contribution is -2.10. The predicted octanol–water partition coefficient (Wildman–Crippen LogP) is 1.44. The summed E-state index contributed by atoms with van der Waals surface area (Å²) in [4.78, 5) is 11.4. The summed E-state index contributed by atoms with van der Waals surface area (Å²) in [5.74, 6) is -0.224. The number of esters is 1. The molecule has 0 bridgehead atoms. The maximum atomic E-state index is 11.4. The van der Waals surface area contributed by atoms with Gasteiger partial charge in [-0.05, 0) is 26.2 Å². The van der Waals surface area contributed by atoms with E-state index in [0.717, 1.165) is 32.5 Å². The Morgan fingerprint density at radius 3 is 2.69 bits per heavy atom. The Hall–Kier alpha value is -0.870. The van der Waals surface area contributed by atoms with Crippen molar-refractivity contribution in [3.05, 3.63) is 11.6 Å². The molecule has 0 aromatic carbocycles. The van der Waals surface area contributed by atoms with Crippen LogP contribution in [0.4, 0.5) is 0 Å². The summed E-state index contributed by atoms with van der Waals surface area (Å²) in [6, 6.07) is 0. The van der Waals surface area contributed by atoms with E-state index in [2.05, 4.69) is 0 Å². The summed E-state index contributed by atoms with van der Waals surface area (Å²) in [6.45, 7) is 3.81. The SMILES string of the molecule is C/C(=C\CCCC1CO1)C(=O)OCC1CO1. The molecule has 2 heterocycles. The van der Waals surface area contributed by atoms with E-state index in [0.29, 0.717) is 18.3 Å². The molecule has 2 fully saturated rings. The fourth-order valence-corrected chi connectivity index (χ4v) is 1.43. The number of allylic oxidation sites excluding steroid dienone is 1. The van der Waals surface area contributed by atoms with Crippen LogP contribution in [-0.4, -0.2) is 38.0 Å². The van der Waals surface area contributed by atoms with E-state index in [1.807, 2.05) is 6.08 Å². The van der Waals surface area contributed by atoms with E-state index in [4.69, 9.17) is 14.2 Å². The number of rotatable bonds is 7. The molecule has 0 spiro atoms. The fourth-order valence-electron chi connectivity index (χ4n) is 1.43. The minimum atomic E-state index is -0.224. The molecule has 0 aliphatic carbocycles. The van der Waals surface area contributed by atoms with Crippen LogP contribution in [0.15, 0.2) is 11.6 Å². The molecule has 0 saturated carbocycles. The van der Waals surface area contributed by atoms with Gasteiger partial charge in [0.1, 0.15) is 12.7 Å². The topological polar surface area (TPSA) is 51.4 Å². The second-order valence-electron chi connectivity index (χ2n) is 4.33. The Labute approximate surface area is 95.6 Å². The third-order valence-corrected chi connectivity index (χ3v) is 2.71. The van der Waals surface area contributed by atoms with Gasteiger partial charge in [-0.1, -0.05) is 6.08 Å². The first-order valence-electron chi connectivity index (χ1n) is 5.83. The molecule has 90 valence electrons. The highest BCUT2D eigenvalue weighted by Crippen LogP contribution is 2.17.